The van der Waals surface area contributed by atoms with Crippen LogP contribution in [0.4, 0.5) is 16.2 Å². The number of carbonyl (C=O) groups excluding carboxylic acids is 2. The summed E-state index contributed by atoms with van der Waals surface area (Å²) in [5.41, 5.74) is 3.30. The highest BCUT2D eigenvalue weighted by atomic mass is 32.2. The lowest BCUT2D eigenvalue weighted by molar-refractivity contribution is -0.111. The third-order valence-corrected chi connectivity index (χ3v) is 7.62. The Balaban J connectivity index is 1.41. The largest absolute Gasteiger partial charge is 0.444 e. The summed E-state index contributed by atoms with van der Waals surface area (Å²) in [6, 6.07) is 19.5. The first-order valence-corrected chi connectivity index (χ1v) is 15.0. The second kappa shape index (κ2) is 13.1. The number of ether oxygens (including phenoxy) is 1. The number of pyridine rings is 1. The zero-order valence-corrected chi connectivity index (χ0v) is 25.6. The van der Waals surface area contributed by atoms with Crippen LogP contribution in [0.15, 0.2) is 96.3 Å². The normalized spacial score (nSPS) is 12.0. The molecule has 4 aromatic rings. The number of hydrogen-bond donors (Lipinski definition) is 2. The molecule has 0 aliphatic rings. The average Bonchev–Trinajstić information content (AvgIpc) is 3.42. The van der Waals surface area contributed by atoms with Crippen LogP contribution in [0.5, 0.6) is 0 Å². The van der Waals surface area contributed by atoms with Crippen molar-refractivity contribution in [2.45, 2.75) is 37.8 Å². The van der Waals surface area contributed by atoms with E-state index in [9.17, 15) is 18.0 Å². The molecular weight excluding hydrogens is 566 g/mol. The van der Waals surface area contributed by atoms with Gasteiger partial charge in [0, 0.05) is 36.8 Å². The van der Waals surface area contributed by atoms with Gasteiger partial charge in [0.15, 0.2) is 0 Å². The van der Waals surface area contributed by atoms with Gasteiger partial charge in [0.25, 0.3) is 10.0 Å². The Kier molecular flexibility index (Phi) is 9.47. The minimum absolute atomic E-state index is 0.0402. The van der Waals surface area contributed by atoms with E-state index in [0.717, 1.165) is 16.1 Å². The van der Waals surface area contributed by atoms with Crippen molar-refractivity contribution in [3.8, 4) is 11.3 Å². The van der Waals surface area contributed by atoms with E-state index >= 15 is 0 Å². The number of nitrogens with one attached hydrogen (secondary N) is 2. The van der Waals surface area contributed by atoms with Gasteiger partial charge in [-0.3, -0.25) is 15.1 Å². The van der Waals surface area contributed by atoms with Crippen molar-refractivity contribution in [3.05, 3.63) is 103 Å². The highest BCUT2D eigenvalue weighted by molar-refractivity contribution is 7.90. The molecule has 0 saturated heterocycles. The number of carbonyl (C=O) groups is 2. The summed E-state index contributed by atoms with van der Waals surface area (Å²) in [5.74, 6) is -0.469. The fourth-order valence-electron chi connectivity index (χ4n) is 4.07. The Morgan fingerprint density at radius 3 is 2.23 bits per heavy atom. The highest BCUT2D eigenvalue weighted by Gasteiger charge is 2.19. The van der Waals surface area contributed by atoms with Crippen LogP contribution in [0.1, 0.15) is 31.9 Å². The van der Waals surface area contributed by atoms with Crippen LogP contribution >= 0.6 is 0 Å². The van der Waals surface area contributed by atoms with Crippen molar-refractivity contribution in [2.24, 2.45) is 0 Å². The molecule has 0 aliphatic carbocycles. The molecule has 0 atom stereocenters. The van der Waals surface area contributed by atoms with Crippen molar-refractivity contribution >= 4 is 39.5 Å². The summed E-state index contributed by atoms with van der Waals surface area (Å²) in [6.45, 7) is 6.09. The van der Waals surface area contributed by atoms with Crippen molar-refractivity contribution in [2.75, 3.05) is 24.7 Å². The molecule has 2 amide bonds. The highest BCUT2D eigenvalue weighted by Crippen LogP contribution is 2.23. The standard InChI is InChI=1S/C32H35N5O5S/c1-32(2,3)42-31(39)35-29-9-7-6-8-28(29)34-30(38)17-12-24-18-19-37(22-24)43(40,41)26-15-16-27(33-20-26)25-13-10-23(11-14-25)21-36(4)5/h6-20,22H,21H2,1-5H3,(H,34,38)(H,35,39). The maximum atomic E-state index is 13.2. The van der Waals surface area contributed by atoms with Crippen molar-refractivity contribution < 1.29 is 22.7 Å². The summed E-state index contributed by atoms with van der Waals surface area (Å²) in [6.07, 6.45) is 6.28. The molecule has 2 heterocycles. The Labute approximate surface area is 252 Å². The number of aromatic nitrogens is 2. The minimum Gasteiger partial charge on any atom is -0.444 e. The van der Waals surface area contributed by atoms with Gasteiger partial charge in [-0.1, -0.05) is 36.4 Å². The topological polar surface area (TPSA) is 123 Å². The first kappa shape index (κ1) is 31.2. The SMILES string of the molecule is CN(C)Cc1ccc(-c2ccc(S(=O)(=O)n3ccc(C=CC(=O)Nc4ccccc4NC(=O)OC(C)(C)C)c3)cn2)cc1. The zero-order valence-electron chi connectivity index (χ0n) is 24.7. The Hall–Kier alpha value is -4.74. The molecule has 2 aromatic heterocycles. The molecule has 0 fully saturated rings. The summed E-state index contributed by atoms with van der Waals surface area (Å²) >= 11 is 0. The fourth-order valence-corrected chi connectivity index (χ4v) is 5.22. The van der Waals surface area contributed by atoms with Gasteiger partial charge < -0.3 is 15.0 Å². The van der Waals surface area contributed by atoms with E-state index in [4.69, 9.17) is 4.74 Å². The third-order valence-electron chi connectivity index (χ3n) is 6.00. The number of benzene rings is 2. The second-order valence-corrected chi connectivity index (χ2v) is 12.9. The van der Waals surface area contributed by atoms with E-state index < -0.39 is 27.6 Å². The van der Waals surface area contributed by atoms with Crippen LogP contribution in [0.2, 0.25) is 0 Å². The number of para-hydroxylation sites is 2. The predicted molar refractivity (Wildman–Crippen MR) is 168 cm³/mol. The van der Waals surface area contributed by atoms with Crippen molar-refractivity contribution in [1.29, 1.82) is 0 Å². The molecule has 0 bridgehead atoms. The molecule has 0 unspecified atom stereocenters. The van der Waals surface area contributed by atoms with Gasteiger partial charge in [-0.05, 0) is 82.4 Å². The maximum absolute atomic E-state index is 13.2. The molecule has 0 saturated carbocycles. The number of nitrogens with zero attached hydrogens (tertiary/aromatic N) is 3. The van der Waals surface area contributed by atoms with E-state index in [0.29, 0.717) is 22.6 Å². The Morgan fingerprint density at radius 1 is 0.953 bits per heavy atom. The zero-order chi connectivity index (χ0) is 31.2. The average molecular weight is 602 g/mol. The number of rotatable bonds is 9. The fraction of sp³-hybridized carbons (Fsp3) is 0.219. The smallest absolute Gasteiger partial charge is 0.412 e. The number of amides is 2. The predicted octanol–water partition coefficient (Wildman–Crippen LogP) is 5.85. The van der Waals surface area contributed by atoms with E-state index in [1.165, 1.54) is 42.4 Å². The quantitative estimate of drug-likeness (QED) is 0.231. The van der Waals surface area contributed by atoms with Gasteiger partial charge in [0.05, 0.1) is 17.1 Å². The van der Waals surface area contributed by atoms with Gasteiger partial charge in [0.2, 0.25) is 5.91 Å². The lowest BCUT2D eigenvalue weighted by atomic mass is 10.1. The van der Waals surface area contributed by atoms with E-state index in [1.807, 2.05) is 38.4 Å². The molecule has 0 radical (unpaired) electrons. The Morgan fingerprint density at radius 2 is 1.63 bits per heavy atom. The summed E-state index contributed by atoms with van der Waals surface area (Å²) in [5, 5.41) is 5.34. The molecule has 43 heavy (non-hydrogen) atoms. The summed E-state index contributed by atoms with van der Waals surface area (Å²) in [7, 11) is 0.118. The Bertz CT molecular complexity index is 1720. The van der Waals surface area contributed by atoms with Crippen molar-refractivity contribution in [1.82, 2.24) is 13.9 Å². The first-order chi connectivity index (χ1) is 20.3. The van der Waals surface area contributed by atoms with Crippen LogP contribution in [0.25, 0.3) is 17.3 Å². The summed E-state index contributed by atoms with van der Waals surface area (Å²) < 4.78 is 32.8. The van der Waals surface area contributed by atoms with E-state index in [1.54, 1.807) is 57.2 Å². The lowest BCUT2D eigenvalue weighted by Crippen LogP contribution is -2.27. The van der Waals surface area contributed by atoms with Crippen molar-refractivity contribution in [3.63, 3.8) is 0 Å². The second-order valence-electron chi connectivity index (χ2n) is 11.1. The van der Waals surface area contributed by atoms with Gasteiger partial charge in [-0.25, -0.2) is 17.2 Å². The molecule has 4 rings (SSSR count). The van der Waals surface area contributed by atoms with Crippen LogP contribution < -0.4 is 10.6 Å². The van der Waals surface area contributed by atoms with Gasteiger partial charge >= 0.3 is 6.09 Å². The van der Waals surface area contributed by atoms with E-state index in [-0.39, 0.29) is 4.90 Å². The molecule has 0 aliphatic heterocycles. The number of anilines is 2. The lowest BCUT2D eigenvalue weighted by Gasteiger charge is -2.20. The number of hydrogen-bond acceptors (Lipinski definition) is 7. The minimum atomic E-state index is -3.89. The van der Waals surface area contributed by atoms with Gasteiger partial charge in [0.1, 0.15) is 10.5 Å². The molecule has 10 nitrogen and oxygen atoms in total. The molecule has 2 aromatic carbocycles. The first-order valence-electron chi connectivity index (χ1n) is 13.5. The summed E-state index contributed by atoms with van der Waals surface area (Å²) in [4.78, 5) is 31.3. The van der Waals surface area contributed by atoms with Crippen LogP contribution in [-0.4, -0.2) is 54.0 Å². The molecular formula is C32H35N5O5S. The van der Waals surface area contributed by atoms with Crippen LogP contribution in [-0.2, 0) is 26.1 Å². The molecule has 0 spiro atoms. The third kappa shape index (κ3) is 8.63. The maximum Gasteiger partial charge on any atom is 0.412 e. The van der Waals surface area contributed by atoms with Gasteiger partial charge in [-0.15, -0.1) is 0 Å². The van der Waals surface area contributed by atoms with Crippen LogP contribution in [0.3, 0.4) is 0 Å². The van der Waals surface area contributed by atoms with E-state index in [2.05, 4.69) is 20.5 Å². The molecule has 224 valence electrons. The molecule has 11 heteroatoms. The molecule has 2 N–H and O–H groups in total. The van der Waals surface area contributed by atoms with Crippen LogP contribution in [0, 0.1) is 0 Å². The monoisotopic (exact) mass is 601 g/mol. The van der Waals surface area contributed by atoms with Gasteiger partial charge in [-0.2, -0.15) is 0 Å².